The van der Waals surface area contributed by atoms with Crippen molar-refractivity contribution in [2.45, 2.75) is 69.7 Å². The highest BCUT2D eigenvalue weighted by Gasteiger charge is 2.40. The van der Waals surface area contributed by atoms with Gasteiger partial charge >= 0.3 is 0 Å². The van der Waals surface area contributed by atoms with Crippen molar-refractivity contribution in [1.82, 2.24) is 10.2 Å². The highest BCUT2D eigenvalue weighted by atomic mass is 16.5. The first-order valence-corrected chi connectivity index (χ1v) is 11.3. The maximum absolute atomic E-state index is 12.2. The lowest BCUT2D eigenvalue weighted by Crippen LogP contribution is -2.49. The lowest BCUT2D eigenvalue weighted by atomic mass is 9.69. The number of methoxy groups -OCH3 is 1. The summed E-state index contributed by atoms with van der Waals surface area (Å²) in [5.41, 5.74) is 1.76. The highest BCUT2D eigenvalue weighted by Crippen LogP contribution is 2.41. The van der Waals surface area contributed by atoms with Crippen LogP contribution in [0.5, 0.6) is 5.75 Å². The molecule has 3 aliphatic rings. The first-order valence-electron chi connectivity index (χ1n) is 11.3. The molecule has 4 heteroatoms. The van der Waals surface area contributed by atoms with Crippen molar-refractivity contribution in [1.29, 1.82) is 0 Å². The number of nitrogens with zero attached hydrogens (tertiary/aromatic N) is 1. The number of nitrogens with one attached hydrogen (secondary N) is 1. The average Bonchev–Trinajstić information content (AvgIpc) is 3.47. The van der Waals surface area contributed by atoms with Crippen molar-refractivity contribution >= 4 is 5.91 Å². The summed E-state index contributed by atoms with van der Waals surface area (Å²) in [6.07, 6.45) is 9.86. The second kappa shape index (κ2) is 8.44. The van der Waals surface area contributed by atoms with Gasteiger partial charge in [-0.1, -0.05) is 38.3 Å². The van der Waals surface area contributed by atoms with E-state index in [1.807, 2.05) is 0 Å². The van der Waals surface area contributed by atoms with E-state index in [0.29, 0.717) is 23.8 Å². The summed E-state index contributed by atoms with van der Waals surface area (Å²) in [6, 6.07) is 9.18. The predicted octanol–water partition coefficient (Wildman–Crippen LogP) is 4.13. The van der Waals surface area contributed by atoms with Gasteiger partial charge in [0.25, 0.3) is 0 Å². The molecule has 1 aromatic carbocycles. The van der Waals surface area contributed by atoms with E-state index in [4.69, 9.17) is 4.74 Å². The van der Waals surface area contributed by atoms with E-state index in [1.165, 1.54) is 37.7 Å². The van der Waals surface area contributed by atoms with E-state index in [2.05, 4.69) is 41.4 Å². The number of benzene rings is 1. The molecule has 1 N–H and O–H groups in total. The van der Waals surface area contributed by atoms with Gasteiger partial charge in [-0.25, -0.2) is 0 Å². The topological polar surface area (TPSA) is 41.6 Å². The van der Waals surface area contributed by atoms with Crippen LogP contribution < -0.4 is 10.1 Å². The fourth-order valence-electron chi connectivity index (χ4n) is 5.37. The molecule has 1 aliphatic heterocycles. The number of hydrogen-bond donors (Lipinski definition) is 1. The molecule has 28 heavy (non-hydrogen) atoms. The minimum absolute atomic E-state index is 0.282. The Hall–Kier alpha value is -1.55. The zero-order valence-electron chi connectivity index (χ0n) is 17.6. The Balaban J connectivity index is 1.36. The summed E-state index contributed by atoms with van der Waals surface area (Å²) in [5, 5.41) is 3.31. The number of rotatable bonds is 6. The van der Waals surface area contributed by atoms with Gasteiger partial charge in [-0.3, -0.25) is 4.79 Å². The van der Waals surface area contributed by atoms with Gasteiger partial charge in [-0.05, 0) is 55.7 Å². The van der Waals surface area contributed by atoms with Crippen molar-refractivity contribution in [3.63, 3.8) is 0 Å². The molecule has 4 rings (SSSR count). The molecule has 0 aromatic heterocycles. The van der Waals surface area contributed by atoms with Crippen LogP contribution in [0.15, 0.2) is 24.3 Å². The predicted molar refractivity (Wildman–Crippen MR) is 113 cm³/mol. The molecule has 3 fully saturated rings. The number of carbonyl (C=O) groups excluding carboxylic acids is 1. The van der Waals surface area contributed by atoms with Crippen molar-refractivity contribution in [3.8, 4) is 5.75 Å². The maximum atomic E-state index is 12.2. The zero-order valence-corrected chi connectivity index (χ0v) is 17.6. The van der Waals surface area contributed by atoms with Crippen molar-refractivity contribution < 1.29 is 9.53 Å². The summed E-state index contributed by atoms with van der Waals surface area (Å²) in [6.45, 7) is 5.53. The lowest BCUT2D eigenvalue weighted by molar-refractivity contribution is -0.123. The van der Waals surface area contributed by atoms with Crippen molar-refractivity contribution in [2.24, 2.45) is 11.8 Å². The first kappa shape index (κ1) is 19.8. The molecule has 2 atom stereocenters. The van der Waals surface area contributed by atoms with E-state index in [0.717, 1.165) is 44.6 Å². The van der Waals surface area contributed by atoms with Gasteiger partial charge in [0.05, 0.1) is 7.11 Å². The van der Waals surface area contributed by atoms with Gasteiger partial charge in [0.2, 0.25) is 5.91 Å². The molecule has 1 aromatic rings. The number of piperidine rings is 1. The molecule has 2 saturated carbocycles. The molecular weight excluding hydrogens is 348 g/mol. The van der Waals surface area contributed by atoms with Crippen LogP contribution in [0.4, 0.5) is 0 Å². The van der Waals surface area contributed by atoms with Crippen LogP contribution in [-0.4, -0.2) is 43.6 Å². The van der Waals surface area contributed by atoms with E-state index < -0.39 is 0 Å². The number of ether oxygens (including phenoxy) is 1. The Bertz CT molecular complexity index is 658. The molecular formula is C24H36N2O2. The van der Waals surface area contributed by atoms with Gasteiger partial charge in [0.1, 0.15) is 5.75 Å². The number of carbonyl (C=O) groups is 1. The maximum Gasteiger partial charge on any atom is 0.223 e. The summed E-state index contributed by atoms with van der Waals surface area (Å²) < 4.78 is 5.37. The summed E-state index contributed by atoms with van der Waals surface area (Å²) in [7, 11) is 1.73. The lowest BCUT2D eigenvalue weighted by Gasteiger charge is -2.44. The quantitative estimate of drug-likeness (QED) is 0.802. The third kappa shape index (κ3) is 4.37. The van der Waals surface area contributed by atoms with Crippen LogP contribution in [0.2, 0.25) is 0 Å². The van der Waals surface area contributed by atoms with Gasteiger partial charge in [-0.2, -0.15) is 0 Å². The molecule has 0 radical (unpaired) electrons. The molecule has 2 aliphatic carbocycles. The number of hydrogen-bond acceptors (Lipinski definition) is 3. The second-order valence-electron chi connectivity index (χ2n) is 9.45. The van der Waals surface area contributed by atoms with Crippen LogP contribution in [0.25, 0.3) is 0 Å². The van der Waals surface area contributed by atoms with Crippen molar-refractivity contribution in [3.05, 3.63) is 29.8 Å². The Labute approximate surface area is 170 Å². The Morgan fingerprint density at radius 2 is 1.79 bits per heavy atom. The molecule has 4 nitrogen and oxygen atoms in total. The van der Waals surface area contributed by atoms with Crippen LogP contribution in [0, 0.1) is 11.8 Å². The average molecular weight is 385 g/mol. The Morgan fingerprint density at radius 3 is 2.36 bits per heavy atom. The minimum Gasteiger partial charge on any atom is -0.497 e. The first-order chi connectivity index (χ1) is 13.6. The summed E-state index contributed by atoms with van der Waals surface area (Å²) in [4.78, 5) is 14.9. The molecule has 1 saturated heterocycles. The minimum atomic E-state index is 0.282. The largest absolute Gasteiger partial charge is 0.497 e. The molecule has 0 bridgehead atoms. The normalized spacial score (nSPS) is 27.9. The fraction of sp³-hybridized carbons (Fsp3) is 0.708. The molecule has 154 valence electrons. The summed E-state index contributed by atoms with van der Waals surface area (Å²) in [5.74, 6) is 2.12. The third-order valence-electron chi connectivity index (χ3n) is 7.42. The molecule has 0 unspecified atom stereocenters. The number of likely N-dealkylation sites (tertiary alicyclic amines) is 1. The fourth-order valence-corrected chi connectivity index (χ4v) is 5.37. The summed E-state index contributed by atoms with van der Waals surface area (Å²) >= 11 is 0. The number of amides is 1. The monoisotopic (exact) mass is 384 g/mol. The Morgan fingerprint density at radius 1 is 1.14 bits per heavy atom. The molecule has 0 spiro atoms. The second-order valence-corrected chi connectivity index (χ2v) is 9.45. The van der Waals surface area contributed by atoms with E-state index in [-0.39, 0.29) is 5.41 Å². The zero-order chi connectivity index (χ0) is 19.6. The molecule has 1 amide bonds. The van der Waals surface area contributed by atoms with Gasteiger partial charge in [0, 0.05) is 37.0 Å². The van der Waals surface area contributed by atoms with Crippen LogP contribution in [0.3, 0.4) is 0 Å². The highest BCUT2D eigenvalue weighted by molar-refractivity contribution is 5.81. The van der Waals surface area contributed by atoms with Crippen LogP contribution in [0.1, 0.15) is 63.9 Å². The van der Waals surface area contributed by atoms with E-state index >= 15 is 0 Å². The third-order valence-corrected chi connectivity index (χ3v) is 7.42. The van der Waals surface area contributed by atoms with E-state index in [9.17, 15) is 4.79 Å². The van der Waals surface area contributed by atoms with Crippen molar-refractivity contribution in [2.75, 3.05) is 26.7 Å². The van der Waals surface area contributed by atoms with E-state index in [1.54, 1.807) is 7.11 Å². The van der Waals surface area contributed by atoms with Gasteiger partial charge < -0.3 is 15.0 Å². The standard InChI is InChI=1S/C24H36N2O2/c1-18-16-22(18)23(27)25-20-10-14-26(15-11-20)17-24(12-4-3-5-13-24)19-6-8-21(28-2)9-7-19/h6-9,18,20,22H,3-5,10-17H2,1-2H3,(H,25,27)/t18-,22+/m0/s1. The van der Waals surface area contributed by atoms with Crippen LogP contribution in [-0.2, 0) is 10.2 Å². The van der Waals surface area contributed by atoms with Crippen LogP contribution >= 0.6 is 0 Å². The Kier molecular flexibility index (Phi) is 5.96. The molecule has 1 heterocycles. The smallest absolute Gasteiger partial charge is 0.223 e. The SMILES string of the molecule is COc1ccc(C2(CN3CCC(NC(=O)[C@@H]4C[C@@H]4C)CC3)CCCCC2)cc1. The van der Waals surface area contributed by atoms with Gasteiger partial charge in [-0.15, -0.1) is 0 Å². The van der Waals surface area contributed by atoms with Gasteiger partial charge in [0.15, 0.2) is 0 Å².